The Hall–Kier alpha value is -1.81. The number of sulfonamides is 1. The molecule has 11 heteroatoms. The molecule has 28 heavy (non-hydrogen) atoms. The summed E-state index contributed by atoms with van der Waals surface area (Å²) < 4.78 is 63.6. The first-order valence-electron chi connectivity index (χ1n) is 7.72. The van der Waals surface area contributed by atoms with Crippen LogP contribution >= 0.6 is 23.2 Å². The SMILES string of the molecule is CS(=O)(=O)N(CC(=O)Nc1ccc(Cl)c(C(F)(F)F)c1)Cc1ccc(Cl)cc1. The lowest BCUT2D eigenvalue weighted by molar-refractivity contribution is -0.137. The minimum absolute atomic E-state index is 0.0994. The Bertz CT molecular complexity index is 965. The molecule has 2 rings (SSSR count). The highest BCUT2D eigenvalue weighted by Crippen LogP contribution is 2.36. The number of carbonyl (C=O) groups excluding carboxylic acids is 1. The first-order valence-corrected chi connectivity index (χ1v) is 10.3. The van der Waals surface area contributed by atoms with E-state index >= 15 is 0 Å². The van der Waals surface area contributed by atoms with E-state index in [1.807, 2.05) is 0 Å². The highest BCUT2D eigenvalue weighted by atomic mass is 35.5. The van der Waals surface area contributed by atoms with Crippen molar-refractivity contribution in [1.29, 1.82) is 0 Å². The third kappa shape index (κ3) is 6.37. The van der Waals surface area contributed by atoms with Crippen LogP contribution in [0.4, 0.5) is 18.9 Å². The van der Waals surface area contributed by atoms with Gasteiger partial charge in [-0.2, -0.15) is 17.5 Å². The molecule has 0 saturated heterocycles. The number of anilines is 1. The molecule has 0 saturated carbocycles. The molecule has 0 atom stereocenters. The molecule has 0 aromatic heterocycles. The third-order valence-electron chi connectivity index (χ3n) is 3.62. The molecular formula is C17H15Cl2F3N2O3S. The molecule has 1 N–H and O–H groups in total. The minimum atomic E-state index is -4.69. The molecule has 2 aromatic rings. The largest absolute Gasteiger partial charge is 0.417 e. The Balaban J connectivity index is 2.15. The maximum Gasteiger partial charge on any atom is 0.417 e. The lowest BCUT2D eigenvalue weighted by Gasteiger charge is -2.20. The number of rotatable bonds is 6. The number of nitrogens with zero attached hydrogens (tertiary/aromatic N) is 1. The van der Waals surface area contributed by atoms with Gasteiger partial charge in [-0.05, 0) is 35.9 Å². The zero-order chi connectivity index (χ0) is 21.1. The summed E-state index contributed by atoms with van der Waals surface area (Å²) in [7, 11) is -3.76. The number of nitrogens with one attached hydrogen (secondary N) is 1. The van der Waals surface area contributed by atoms with Crippen LogP contribution in [-0.4, -0.2) is 31.4 Å². The molecule has 0 fully saturated rings. The van der Waals surface area contributed by atoms with Gasteiger partial charge in [-0.25, -0.2) is 8.42 Å². The van der Waals surface area contributed by atoms with Gasteiger partial charge in [-0.3, -0.25) is 4.79 Å². The predicted octanol–water partition coefficient (Wildman–Crippen LogP) is 4.41. The average Bonchev–Trinajstić information content (AvgIpc) is 2.56. The average molecular weight is 455 g/mol. The molecule has 0 spiro atoms. The molecule has 0 unspecified atom stereocenters. The van der Waals surface area contributed by atoms with Crippen molar-refractivity contribution >= 4 is 44.8 Å². The Morgan fingerprint density at radius 1 is 1.11 bits per heavy atom. The number of carbonyl (C=O) groups is 1. The van der Waals surface area contributed by atoms with E-state index in [0.717, 1.165) is 16.6 Å². The Morgan fingerprint density at radius 3 is 2.25 bits per heavy atom. The van der Waals surface area contributed by atoms with E-state index in [9.17, 15) is 26.4 Å². The molecule has 152 valence electrons. The summed E-state index contributed by atoms with van der Waals surface area (Å²) in [6.45, 7) is -0.677. The normalized spacial score (nSPS) is 12.2. The molecule has 0 aliphatic heterocycles. The van der Waals surface area contributed by atoms with Gasteiger partial charge in [0.2, 0.25) is 15.9 Å². The van der Waals surface area contributed by atoms with E-state index in [4.69, 9.17) is 23.2 Å². The standard InChI is InChI=1S/C17H15Cl2F3N2O3S/c1-28(26,27)24(9-11-2-4-12(18)5-3-11)10-16(25)23-13-6-7-15(19)14(8-13)17(20,21)22/h2-8H,9-10H2,1H3,(H,23,25). The fourth-order valence-electron chi connectivity index (χ4n) is 2.26. The Labute approximate surface area is 170 Å². The fraction of sp³-hybridized carbons (Fsp3) is 0.235. The van der Waals surface area contributed by atoms with Crippen LogP contribution in [0.25, 0.3) is 0 Å². The smallest absolute Gasteiger partial charge is 0.325 e. The lowest BCUT2D eigenvalue weighted by Crippen LogP contribution is -2.36. The number of hydrogen-bond donors (Lipinski definition) is 1. The molecule has 0 radical (unpaired) electrons. The molecule has 0 aliphatic carbocycles. The summed E-state index contributed by atoms with van der Waals surface area (Å²) in [4.78, 5) is 12.2. The quantitative estimate of drug-likeness (QED) is 0.702. The van der Waals surface area contributed by atoms with E-state index in [0.29, 0.717) is 16.7 Å². The number of hydrogen-bond acceptors (Lipinski definition) is 3. The van der Waals surface area contributed by atoms with Gasteiger partial charge in [-0.15, -0.1) is 0 Å². The van der Waals surface area contributed by atoms with Crippen molar-refractivity contribution in [2.75, 3.05) is 18.1 Å². The van der Waals surface area contributed by atoms with Gasteiger partial charge in [0.05, 0.1) is 23.4 Å². The van der Waals surface area contributed by atoms with Gasteiger partial charge in [0.1, 0.15) is 0 Å². The Kier molecular flexibility index (Phi) is 6.97. The van der Waals surface area contributed by atoms with Crippen LogP contribution in [0.15, 0.2) is 42.5 Å². The molecule has 0 heterocycles. The summed E-state index contributed by atoms with van der Waals surface area (Å²) in [6.07, 6.45) is -3.76. The lowest BCUT2D eigenvalue weighted by atomic mass is 10.2. The van der Waals surface area contributed by atoms with Crippen molar-refractivity contribution < 1.29 is 26.4 Å². The number of amides is 1. The highest BCUT2D eigenvalue weighted by Gasteiger charge is 2.33. The van der Waals surface area contributed by atoms with Crippen molar-refractivity contribution in [3.63, 3.8) is 0 Å². The second-order valence-electron chi connectivity index (χ2n) is 5.90. The van der Waals surface area contributed by atoms with Crippen molar-refractivity contribution in [2.24, 2.45) is 0 Å². The predicted molar refractivity (Wildman–Crippen MR) is 102 cm³/mol. The van der Waals surface area contributed by atoms with E-state index in [1.165, 1.54) is 6.07 Å². The van der Waals surface area contributed by atoms with Gasteiger partial charge >= 0.3 is 6.18 Å². The zero-order valence-corrected chi connectivity index (χ0v) is 16.8. The van der Waals surface area contributed by atoms with Crippen molar-refractivity contribution in [1.82, 2.24) is 4.31 Å². The summed E-state index contributed by atoms with van der Waals surface area (Å²) in [5, 5.41) is 2.21. The molecule has 2 aromatic carbocycles. The molecule has 5 nitrogen and oxygen atoms in total. The van der Waals surface area contributed by atoms with Crippen LogP contribution < -0.4 is 5.32 Å². The van der Waals surface area contributed by atoms with Crippen LogP contribution in [0.5, 0.6) is 0 Å². The maximum atomic E-state index is 12.9. The molecule has 0 bridgehead atoms. The zero-order valence-electron chi connectivity index (χ0n) is 14.4. The van der Waals surface area contributed by atoms with Crippen molar-refractivity contribution in [3.8, 4) is 0 Å². The summed E-state index contributed by atoms with van der Waals surface area (Å²) in [6, 6.07) is 9.24. The highest BCUT2D eigenvalue weighted by molar-refractivity contribution is 7.88. The topological polar surface area (TPSA) is 66.5 Å². The van der Waals surface area contributed by atoms with Gasteiger partial charge in [0.25, 0.3) is 0 Å². The first-order chi connectivity index (χ1) is 12.9. The van der Waals surface area contributed by atoms with Gasteiger partial charge in [0, 0.05) is 17.3 Å². The molecular weight excluding hydrogens is 440 g/mol. The number of halogens is 5. The van der Waals surface area contributed by atoms with Crippen molar-refractivity contribution in [2.45, 2.75) is 12.7 Å². The summed E-state index contributed by atoms with van der Waals surface area (Å²) in [5.74, 6) is -0.796. The summed E-state index contributed by atoms with van der Waals surface area (Å²) >= 11 is 11.3. The first kappa shape index (κ1) is 22.5. The van der Waals surface area contributed by atoms with Gasteiger partial charge in [0.15, 0.2) is 0 Å². The van der Waals surface area contributed by atoms with Crippen LogP contribution in [0.2, 0.25) is 10.0 Å². The monoisotopic (exact) mass is 454 g/mol. The van der Waals surface area contributed by atoms with Crippen LogP contribution in [0.1, 0.15) is 11.1 Å². The maximum absolute atomic E-state index is 12.9. The molecule has 0 aliphatic rings. The van der Waals surface area contributed by atoms with Crippen LogP contribution in [-0.2, 0) is 27.5 Å². The van der Waals surface area contributed by atoms with Crippen molar-refractivity contribution in [3.05, 3.63) is 63.6 Å². The van der Waals surface area contributed by atoms with Crippen LogP contribution in [0.3, 0.4) is 0 Å². The van der Waals surface area contributed by atoms with E-state index in [1.54, 1.807) is 24.3 Å². The Morgan fingerprint density at radius 2 is 1.71 bits per heavy atom. The van der Waals surface area contributed by atoms with Crippen LogP contribution in [0, 0.1) is 0 Å². The molecule has 1 amide bonds. The van der Waals surface area contributed by atoms with E-state index in [2.05, 4.69) is 5.32 Å². The van der Waals surface area contributed by atoms with Gasteiger partial charge in [-0.1, -0.05) is 35.3 Å². The van der Waals surface area contributed by atoms with E-state index in [-0.39, 0.29) is 12.2 Å². The second kappa shape index (κ2) is 8.69. The van der Waals surface area contributed by atoms with E-state index < -0.39 is 39.2 Å². The third-order valence-corrected chi connectivity index (χ3v) is 5.39. The summed E-state index contributed by atoms with van der Waals surface area (Å²) in [5.41, 5.74) is -0.664. The number of benzene rings is 2. The number of alkyl halides is 3. The second-order valence-corrected chi connectivity index (χ2v) is 8.72. The van der Waals surface area contributed by atoms with Gasteiger partial charge < -0.3 is 5.32 Å². The minimum Gasteiger partial charge on any atom is -0.325 e. The fourth-order valence-corrected chi connectivity index (χ4v) is 3.35.